The zero-order valence-electron chi connectivity index (χ0n) is 18.0. The zero-order valence-corrected chi connectivity index (χ0v) is 18.0. The molecule has 2 heterocycles. The van der Waals surface area contributed by atoms with Gasteiger partial charge < -0.3 is 20.0 Å². The first kappa shape index (κ1) is 22.8. The van der Waals surface area contributed by atoms with Crippen LogP contribution in [0, 0.1) is 5.82 Å². The number of amides is 2. The highest BCUT2D eigenvalue weighted by molar-refractivity contribution is 6.35. The van der Waals surface area contributed by atoms with Crippen molar-refractivity contribution < 1.29 is 18.4 Å². The standard InChI is InChI=1S/C23H31FN4O3/c1-2-3-6-11-25-22(29)23(30)26-17-20(21-10-7-16-31-21)28-14-12-27(13-15-28)19-9-5-4-8-18(19)24/h4-5,7-10,16,20H,2-3,6,11-15,17H2,1H3,(H,25,29)(H,26,30)/t20-/m1/s1. The minimum atomic E-state index is -0.641. The van der Waals surface area contributed by atoms with Gasteiger partial charge in [0.05, 0.1) is 18.0 Å². The minimum Gasteiger partial charge on any atom is -0.468 e. The van der Waals surface area contributed by atoms with Crippen molar-refractivity contribution >= 4 is 17.5 Å². The van der Waals surface area contributed by atoms with E-state index in [0.29, 0.717) is 38.4 Å². The molecule has 0 aliphatic carbocycles. The molecule has 3 rings (SSSR count). The highest BCUT2D eigenvalue weighted by atomic mass is 19.1. The highest BCUT2D eigenvalue weighted by Gasteiger charge is 2.28. The predicted molar refractivity (Wildman–Crippen MR) is 117 cm³/mol. The second-order valence-corrected chi connectivity index (χ2v) is 7.68. The second-order valence-electron chi connectivity index (χ2n) is 7.68. The van der Waals surface area contributed by atoms with Crippen molar-refractivity contribution in [2.45, 2.75) is 32.2 Å². The number of unbranched alkanes of at least 4 members (excludes halogenated alkanes) is 2. The van der Waals surface area contributed by atoms with E-state index in [4.69, 9.17) is 4.42 Å². The second kappa shape index (κ2) is 11.5. The molecule has 1 aliphatic heterocycles. The molecule has 1 atom stereocenters. The van der Waals surface area contributed by atoms with Crippen molar-refractivity contribution in [3.05, 3.63) is 54.2 Å². The molecule has 0 saturated carbocycles. The third kappa shape index (κ3) is 6.30. The maximum Gasteiger partial charge on any atom is 0.309 e. The molecular weight excluding hydrogens is 399 g/mol. The Morgan fingerprint density at radius 1 is 1.03 bits per heavy atom. The van der Waals surface area contributed by atoms with Crippen LogP contribution in [0.3, 0.4) is 0 Å². The SMILES string of the molecule is CCCCCNC(=O)C(=O)NC[C@H](c1ccco1)N1CCN(c2ccccc2F)CC1. The van der Waals surface area contributed by atoms with Crippen LogP contribution < -0.4 is 15.5 Å². The molecule has 7 nitrogen and oxygen atoms in total. The van der Waals surface area contributed by atoms with Crippen molar-refractivity contribution in [3.8, 4) is 0 Å². The summed E-state index contributed by atoms with van der Waals surface area (Å²) in [5.74, 6) is -0.754. The van der Waals surface area contributed by atoms with Crippen LogP contribution in [0.4, 0.5) is 10.1 Å². The summed E-state index contributed by atoms with van der Waals surface area (Å²) in [4.78, 5) is 28.4. The quantitative estimate of drug-likeness (QED) is 0.473. The average Bonchev–Trinajstić information content (AvgIpc) is 3.32. The van der Waals surface area contributed by atoms with Crippen molar-refractivity contribution in [1.82, 2.24) is 15.5 Å². The van der Waals surface area contributed by atoms with Crippen LogP contribution >= 0.6 is 0 Å². The highest BCUT2D eigenvalue weighted by Crippen LogP contribution is 2.25. The molecule has 0 radical (unpaired) electrons. The summed E-state index contributed by atoms with van der Waals surface area (Å²) < 4.78 is 19.7. The number of nitrogens with one attached hydrogen (secondary N) is 2. The lowest BCUT2D eigenvalue weighted by molar-refractivity contribution is -0.139. The molecule has 2 amide bonds. The molecule has 0 unspecified atom stereocenters. The van der Waals surface area contributed by atoms with Gasteiger partial charge in [0.2, 0.25) is 0 Å². The van der Waals surface area contributed by atoms with E-state index in [1.165, 1.54) is 6.07 Å². The van der Waals surface area contributed by atoms with Gasteiger partial charge in [-0.1, -0.05) is 31.9 Å². The van der Waals surface area contributed by atoms with E-state index in [-0.39, 0.29) is 18.4 Å². The number of furan rings is 1. The molecule has 2 N–H and O–H groups in total. The maximum absolute atomic E-state index is 14.1. The molecule has 1 aromatic carbocycles. The smallest absolute Gasteiger partial charge is 0.309 e. The summed E-state index contributed by atoms with van der Waals surface area (Å²) in [6.45, 7) is 5.51. The van der Waals surface area contributed by atoms with Gasteiger partial charge in [-0.2, -0.15) is 0 Å². The monoisotopic (exact) mass is 430 g/mol. The number of halogens is 1. The lowest BCUT2D eigenvalue weighted by Gasteiger charge is -2.39. The van der Waals surface area contributed by atoms with Gasteiger partial charge in [0.15, 0.2) is 0 Å². The number of rotatable bonds is 9. The molecule has 0 bridgehead atoms. The Morgan fingerprint density at radius 3 is 2.45 bits per heavy atom. The van der Waals surface area contributed by atoms with E-state index in [2.05, 4.69) is 22.5 Å². The van der Waals surface area contributed by atoms with Crippen LogP contribution in [0.2, 0.25) is 0 Å². The summed E-state index contributed by atoms with van der Waals surface area (Å²) in [6.07, 6.45) is 4.52. The molecule has 168 valence electrons. The van der Waals surface area contributed by atoms with Gasteiger partial charge in [-0.15, -0.1) is 0 Å². The van der Waals surface area contributed by atoms with Crippen LogP contribution in [0.5, 0.6) is 0 Å². The Kier molecular flexibility index (Phi) is 8.46. The average molecular weight is 431 g/mol. The van der Waals surface area contributed by atoms with Crippen LogP contribution in [0.25, 0.3) is 0 Å². The first-order valence-corrected chi connectivity index (χ1v) is 10.9. The minimum absolute atomic E-state index is 0.199. The number of hydrogen-bond donors (Lipinski definition) is 2. The summed E-state index contributed by atoms with van der Waals surface area (Å²) in [5.41, 5.74) is 0.602. The number of carbonyl (C=O) groups is 2. The fraction of sp³-hybridized carbons (Fsp3) is 0.478. The maximum atomic E-state index is 14.1. The molecule has 2 aromatic rings. The van der Waals surface area contributed by atoms with Crippen molar-refractivity contribution in [2.75, 3.05) is 44.2 Å². The molecule has 1 aliphatic rings. The summed E-state index contributed by atoms with van der Waals surface area (Å²) in [5, 5.41) is 5.39. The largest absolute Gasteiger partial charge is 0.468 e. The van der Waals surface area contributed by atoms with Crippen molar-refractivity contribution in [3.63, 3.8) is 0 Å². The Hall–Kier alpha value is -2.87. The fourth-order valence-electron chi connectivity index (χ4n) is 3.80. The molecule has 31 heavy (non-hydrogen) atoms. The third-order valence-corrected chi connectivity index (χ3v) is 5.55. The Bertz CT molecular complexity index is 835. The van der Waals surface area contributed by atoms with Gasteiger partial charge in [0.25, 0.3) is 0 Å². The predicted octanol–water partition coefficient (Wildman–Crippen LogP) is 2.70. The van der Waals surface area contributed by atoms with E-state index in [1.54, 1.807) is 24.5 Å². The number of hydrogen-bond acceptors (Lipinski definition) is 5. The Morgan fingerprint density at radius 2 is 1.77 bits per heavy atom. The zero-order chi connectivity index (χ0) is 22.1. The van der Waals surface area contributed by atoms with Gasteiger partial charge in [0, 0.05) is 39.3 Å². The Balaban J connectivity index is 1.55. The van der Waals surface area contributed by atoms with Gasteiger partial charge in [-0.05, 0) is 30.7 Å². The lowest BCUT2D eigenvalue weighted by Crippen LogP contribution is -2.51. The van der Waals surface area contributed by atoms with Gasteiger partial charge in [-0.25, -0.2) is 4.39 Å². The fourth-order valence-corrected chi connectivity index (χ4v) is 3.80. The van der Waals surface area contributed by atoms with Crippen molar-refractivity contribution in [1.29, 1.82) is 0 Å². The van der Waals surface area contributed by atoms with Gasteiger partial charge >= 0.3 is 11.8 Å². The molecule has 1 aromatic heterocycles. The molecule has 0 spiro atoms. The third-order valence-electron chi connectivity index (χ3n) is 5.55. The number of benzene rings is 1. The first-order chi connectivity index (χ1) is 15.1. The first-order valence-electron chi connectivity index (χ1n) is 10.9. The number of carbonyl (C=O) groups excluding carboxylic acids is 2. The molecule has 1 fully saturated rings. The lowest BCUT2D eigenvalue weighted by atomic mass is 10.1. The van der Waals surface area contributed by atoms with Gasteiger partial charge in [-0.3, -0.25) is 14.5 Å². The molecule has 8 heteroatoms. The van der Waals surface area contributed by atoms with Gasteiger partial charge in [0.1, 0.15) is 11.6 Å². The topological polar surface area (TPSA) is 77.8 Å². The summed E-state index contributed by atoms with van der Waals surface area (Å²) in [7, 11) is 0. The van der Waals surface area contributed by atoms with E-state index < -0.39 is 11.8 Å². The van der Waals surface area contributed by atoms with Crippen LogP contribution in [-0.4, -0.2) is 56.0 Å². The van der Waals surface area contributed by atoms with E-state index in [9.17, 15) is 14.0 Å². The van der Waals surface area contributed by atoms with E-state index >= 15 is 0 Å². The van der Waals surface area contributed by atoms with Crippen LogP contribution in [-0.2, 0) is 9.59 Å². The van der Waals surface area contributed by atoms with E-state index in [0.717, 1.165) is 25.0 Å². The van der Waals surface area contributed by atoms with E-state index in [1.807, 2.05) is 17.0 Å². The normalized spacial score (nSPS) is 15.5. The number of nitrogens with zero attached hydrogens (tertiary/aromatic N) is 2. The molecule has 1 saturated heterocycles. The Labute approximate surface area is 182 Å². The number of piperazine rings is 1. The van der Waals surface area contributed by atoms with Crippen LogP contribution in [0.15, 0.2) is 47.1 Å². The number of para-hydroxylation sites is 1. The number of anilines is 1. The van der Waals surface area contributed by atoms with Crippen molar-refractivity contribution in [2.24, 2.45) is 0 Å². The summed E-state index contributed by atoms with van der Waals surface area (Å²) >= 11 is 0. The summed E-state index contributed by atoms with van der Waals surface area (Å²) in [6, 6.07) is 10.2. The molecular formula is C23H31FN4O3. The van der Waals surface area contributed by atoms with Crippen LogP contribution in [0.1, 0.15) is 38.0 Å².